The van der Waals surface area contributed by atoms with Crippen LogP contribution in [0.25, 0.3) is 0 Å². The molecule has 0 aliphatic rings. The number of anilines is 1. The van der Waals surface area contributed by atoms with Crippen molar-refractivity contribution in [2.45, 2.75) is 13.3 Å². The first-order valence-corrected chi connectivity index (χ1v) is 7.37. The lowest BCUT2D eigenvalue weighted by atomic mass is 10.2. The van der Waals surface area contributed by atoms with Gasteiger partial charge in [0.05, 0.1) is 23.9 Å². The molecule has 0 aromatic heterocycles. The van der Waals surface area contributed by atoms with E-state index in [0.29, 0.717) is 29.4 Å². The molecule has 0 bridgehead atoms. The Morgan fingerprint density at radius 2 is 1.87 bits per heavy atom. The Hall–Kier alpha value is -3.00. The molecule has 0 aliphatic carbocycles. The summed E-state index contributed by atoms with van der Waals surface area (Å²) in [6.07, 6.45) is 0.893. The molecule has 1 amide bonds. The summed E-state index contributed by atoms with van der Waals surface area (Å²) in [5.41, 5.74) is 1.16. The Morgan fingerprint density at radius 1 is 1.13 bits per heavy atom. The van der Waals surface area contributed by atoms with Crippen molar-refractivity contribution in [1.29, 1.82) is 5.26 Å². The normalized spacial score (nSPS) is 9.74. The number of nitrogens with one attached hydrogen (secondary N) is 1. The van der Waals surface area contributed by atoms with Crippen molar-refractivity contribution in [1.82, 2.24) is 0 Å². The van der Waals surface area contributed by atoms with Crippen LogP contribution in [0.15, 0.2) is 48.5 Å². The number of hydrogen-bond acceptors (Lipinski definition) is 4. The zero-order chi connectivity index (χ0) is 16.5. The highest BCUT2D eigenvalue weighted by molar-refractivity contribution is 5.93. The maximum Gasteiger partial charge on any atom is 0.262 e. The molecule has 118 valence electrons. The Balaban J connectivity index is 1.90. The van der Waals surface area contributed by atoms with Gasteiger partial charge in [-0.3, -0.25) is 4.79 Å². The van der Waals surface area contributed by atoms with Crippen LogP contribution in [0.4, 0.5) is 5.69 Å². The monoisotopic (exact) mass is 310 g/mol. The van der Waals surface area contributed by atoms with E-state index in [0.717, 1.165) is 6.42 Å². The Labute approximate surface area is 135 Å². The van der Waals surface area contributed by atoms with Crippen molar-refractivity contribution in [3.63, 3.8) is 0 Å². The number of nitrogens with zero attached hydrogens (tertiary/aromatic N) is 1. The summed E-state index contributed by atoms with van der Waals surface area (Å²) in [5.74, 6) is 0.901. The van der Waals surface area contributed by atoms with Gasteiger partial charge in [0.25, 0.3) is 5.91 Å². The molecule has 2 aromatic carbocycles. The molecule has 2 aromatic rings. The number of para-hydroxylation sites is 2. The first-order chi connectivity index (χ1) is 11.2. The van der Waals surface area contributed by atoms with Crippen LogP contribution >= 0.6 is 0 Å². The van der Waals surface area contributed by atoms with Gasteiger partial charge in [-0.25, -0.2) is 0 Å². The van der Waals surface area contributed by atoms with Crippen molar-refractivity contribution in [3.8, 4) is 17.6 Å². The molecule has 0 radical (unpaired) electrons. The zero-order valence-electron chi connectivity index (χ0n) is 12.9. The third kappa shape index (κ3) is 5.04. The number of carbonyl (C=O) groups excluding carboxylic acids is 1. The van der Waals surface area contributed by atoms with Gasteiger partial charge in [0.15, 0.2) is 6.61 Å². The van der Waals surface area contributed by atoms with Gasteiger partial charge in [-0.05, 0) is 42.8 Å². The number of rotatable bonds is 7. The summed E-state index contributed by atoms with van der Waals surface area (Å²) >= 11 is 0. The molecule has 0 unspecified atom stereocenters. The maximum atomic E-state index is 12.0. The van der Waals surface area contributed by atoms with Crippen molar-refractivity contribution >= 4 is 11.6 Å². The molecule has 0 spiro atoms. The maximum absolute atomic E-state index is 12.0. The SMILES string of the molecule is CCCOc1ccccc1NC(=O)COc1ccc(C#N)cc1. The average Bonchev–Trinajstić information content (AvgIpc) is 2.59. The lowest BCUT2D eigenvalue weighted by Gasteiger charge is -2.12. The molecule has 0 aliphatic heterocycles. The molecule has 0 saturated carbocycles. The van der Waals surface area contributed by atoms with E-state index in [2.05, 4.69) is 5.32 Å². The van der Waals surface area contributed by atoms with Gasteiger partial charge in [-0.1, -0.05) is 19.1 Å². The lowest BCUT2D eigenvalue weighted by Crippen LogP contribution is -2.20. The van der Waals surface area contributed by atoms with Gasteiger partial charge >= 0.3 is 0 Å². The van der Waals surface area contributed by atoms with E-state index in [4.69, 9.17) is 14.7 Å². The lowest BCUT2D eigenvalue weighted by molar-refractivity contribution is -0.118. The average molecular weight is 310 g/mol. The summed E-state index contributed by atoms with van der Waals surface area (Å²) in [6, 6.07) is 15.9. The summed E-state index contributed by atoms with van der Waals surface area (Å²) in [7, 11) is 0. The minimum atomic E-state index is -0.276. The molecule has 0 heterocycles. The first kappa shape index (κ1) is 16.4. The van der Waals surface area contributed by atoms with E-state index in [-0.39, 0.29) is 12.5 Å². The summed E-state index contributed by atoms with van der Waals surface area (Å²) < 4.78 is 11.0. The standard InChI is InChI=1S/C18H18N2O3/c1-2-11-22-17-6-4-3-5-16(17)20-18(21)13-23-15-9-7-14(12-19)8-10-15/h3-10H,2,11,13H2,1H3,(H,20,21). The minimum absolute atomic E-state index is 0.117. The Morgan fingerprint density at radius 3 is 2.57 bits per heavy atom. The minimum Gasteiger partial charge on any atom is -0.491 e. The van der Waals surface area contributed by atoms with E-state index in [9.17, 15) is 4.79 Å². The van der Waals surface area contributed by atoms with Crippen molar-refractivity contribution in [2.75, 3.05) is 18.5 Å². The molecular weight excluding hydrogens is 292 g/mol. The first-order valence-electron chi connectivity index (χ1n) is 7.37. The molecular formula is C18H18N2O3. The van der Waals surface area contributed by atoms with Crippen LogP contribution in [0.1, 0.15) is 18.9 Å². The zero-order valence-corrected chi connectivity index (χ0v) is 12.9. The second-order valence-electron chi connectivity index (χ2n) is 4.82. The number of amides is 1. The van der Waals surface area contributed by atoms with Gasteiger partial charge in [-0.2, -0.15) is 5.26 Å². The number of carbonyl (C=O) groups is 1. The predicted molar refractivity (Wildman–Crippen MR) is 87.5 cm³/mol. The van der Waals surface area contributed by atoms with Crippen LogP contribution in [0.3, 0.4) is 0 Å². The summed E-state index contributed by atoms with van der Waals surface area (Å²) in [4.78, 5) is 12.0. The molecule has 5 heteroatoms. The summed E-state index contributed by atoms with van der Waals surface area (Å²) in [6.45, 7) is 2.50. The van der Waals surface area contributed by atoms with Crippen molar-refractivity contribution in [2.24, 2.45) is 0 Å². The van der Waals surface area contributed by atoms with Gasteiger partial charge < -0.3 is 14.8 Å². The van der Waals surface area contributed by atoms with Gasteiger partial charge in [0, 0.05) is 0 Å². The van der Waals surface area contributed by atoms with Gasteiger partial charge in [0.2, 0.25) is 0 Å². The number of benzene rings is 2. The largest absolute Gasteiger partial charge is 0.491 e. The molecule has 5 nitrogen and oxygen atoms in total. The van der Waals surface area contributed by atoms with E-state index in [1.54, 1.807) is 30.3 Å². The highest BCUT2D eigenvalue weighted by atomic mass is 16.5. The van der Waals surface area contributed by atoms with Crippen LogP contribution in [0.2, 0.25) is 0 Å². The molecule has 23 heavy (non-hydrogen) atoms. The highest BCUT2D eigenvalue weighted by Crippen LogP contribution is 2.23. The molecule has 0 saturated heterocycles. The van der Waals surface area contributed by atoms with E-state index >= 15 is 0 Å². The molecule has 1 N–H and O–H groups in total. The Kier molecular flexibility index (Phi) is 6.01. The second-order valence-corrected chi connectivity index (χ2v) is 4.82. The topological polar surface area (TPSA) is 71.3 Å². The third-order valence-electron chi connectivity index (χ3n) is 2.98. The molecule has 2 rings (SSSR count). The summed E-state index contributed by atoms with van der Waals surface area (Å²) in [5, 5.41) is 11.5. The number of hydrogen-bond donors (Lipinski definition) is 1. The van der Waals surface area contributed by atoms with Crippen LogP contribution in [-0.2, 0) is 4.79 Å². The fourth-order valence-electron chi connectivity index (χ4n) is 1.87. The predicted octanol–water partition coefficient (Wildman–Crippen LogP) is 3.36. The van der Waals surface area contributed by atoms with Crippen molar-refractivity contribution in [3.05, 3.63) is 54.1 Å². The Bertz CT molecular complexity index is 690. The van der Waals surface area contributed by atoms with Gasteiger partial charge in [-0.15, -0.1) is 0 Å². The third-order valence-corrected chi connectivity index (χ3v) is 2.98. The van der Waals surface area contributed by atoms with Gasteiger partial charge in [0.1, 0.15) is 11.5 Å². The van der Waals surface area contributed by atoms with E-state index < -0.39 is 0 Å². The number of nitriles is 1. The number of ether oxygens (including phenoxy) is 2. The van der Waals surface area contributed by atoms with Crippen LogP contribution < -0.4 is 14.8 Å². The van der Waals surface area contributed by atoms with Crippen LogP contribution in [-0.4, -0.2) is 19.1 Å². The van der Waals surface area contributed by atoms with Crippen molar-refractivity contribution < 1.29 is 14.3 Å². The fourth-order valence-corrected chi connectivity index (χ4v) is 1.87. The van der Waals surface area contributed by atoms with Crippen LogP contribution in [0, 0.1) is 11.3 Å². The van der Waals surface area contributed by atoms with E-state index in [1.165, 1.54) is 0 Å². The van der Waals surface area contributed by atoms with Crippen LogP contribution in [0.5, 0.6) is 11.5 Å². The second kappa shape index (κ2) is 8.44. The van der Waals surface area contributed by atoms with E-state index in [1.807, 2.05) is 31.2 Å². The quantitative estimate of drug-likeness (QED) is 0.851. The highest BCUT2D eigenvalue weighted by Gasteiger charge is 2.08. The smallest absolute Gasteiger partial charge is 0.262 e. The molecule has 0 fully saturated rings. The molecule has 0 atom stereocenters. The fraction of sp³-hybridized carbons (Fsp3) is 0.222.